The SMILES string of the molecule is CCOC(=O)C[C@@H]1CCCCN1Cc1nc(-c2ccc(OC)c(C)c2OC)oc1C. The third kappa shape index (κ3) is 4.78. The number of piperidine rings is 1. The summed E-state index contributed by atoms with van der Waals surface area (Å²) in [6.07, 6.45) is 3.66. The van der Waals surface area contributed by atoms with Crippen molar-refractivity contribution >= 4 is 5.97 Å². The van der Waals surface area contributed by atoms with Crippen molar-refractivity contribution < 1.29 is 23.4 Å². The van der Waals surface area contributed by atoms with Crippen LogP contribution in [0.3, 0.4) is 0 Å². The van der Waals surface area contributed by atoms with Gasteiger partial charge in [-0.05, 0) is 52.3 Å². The van der Waals surface area contributed by atoms with Gasteiger partial charge in [-0.15, -0.1) is 0 Å². The molecule has 30 heavy (non-hydrogen) atoms. The average molecular weight is 417 g/mol. The van der Waals surface area contributed by atoms with E-state index in [1.807, 2.05) is 32.9 Å². The smallest absolute Gasteiger partial charge is 0.307 e. The minimum absolute atomic E-state index is 0.134. The average Bonchev–Trinajstić information content (AvgIpc) is 3.09. The minimum Gasteiger partial charge on any atom is -0.496 e. The van der Waals surface area contributed by atoms with Gasteiger partial charge in [0.15, 0.2) is 0 Å². The van der Waals surface area contributed by atoms with Crippen LogP contribution in [0.1, 0.15) is 49.6 Å². The van der Waals surface area contributed by atoms with Crippen molar-refractivity contribution in [3.05, 3.63) is 29.2 Å². The molecule has 0 spiro atoms. The summed E-state index contributed by atoms with van der Waals surface area (Å²) in [4.78, 5) is 19.1. The lowest BCUT2D eigenvalue weighted by Gasteiger charge is -2.34. The van der Waals surface area contributed by atoms with Gasteiger partial charge in [-0.2, -0.15) is 0 Å². The molecule has 2 aromatic rings. The number of carbonyl (C=O) groups is 1. The number of hydrogen-bond acceptors (Lipinski definition) is 7. The molecular formula is C23H32N2O5. The molecular weight excluding hydrogens is 384 g/mol. The van der Waals surface area contributed by atoms with Gasteiger partial charge in [0.05, 0.1) is 38.5 Å². The summed E-state index contributed by atoms with van der Waals surface area (Å²) in [6.45, 7) is 7.73. The molecule has 0 N–H and O–H groups in total. The zero-order valence-electron chi connectivity index (χ0n) is 18.6. The first-order valence-corrected chi connectivity index (χ1v) is 10.6. The van der Waals surface area contributed by atoms with E-state index in [-0.39, 0.29) is 12.0 Å². The van der Waals surface area contributed by atoms with Crippen LogP contribution >= 0.6 is 0 Å². The first-order chi connectivity index (χ1) is 14.5. The number of methoxy groups -OCH3 is 2. The van der Waals surface area contributed by atoms with Gasteiger partial charge in [0, 0.05) is 18.2 Å². The Kier molecular flexibility index (Phi) is 7.37. The van der Waals surface area contributed by atoms with Crippen LogP contribution in [-0.4, -0.2) is 49.3 Å². The van der Waals surface area contributed by atoms with Crippen LogP contribution < -0.4 is 9.47 Å². The molecule has 3 rings (SSSR count). The molecule has 1 saturated heterocycles. The monoisotopic (exact) mass is 416 g/mol. The maximum Gasteiger partial charge on any atom is 0.307 e. The maximum atomic E-state index is 12.0. The summed E-state index contributed by atoms with van der Waals surface area (Å²) in [6, 6.07) is 3.98. The fourth-order valence-electron chi connectivity index (χ4n) is 4.12. The van der Waals surface area contributed by atoms with Gasteiger partial charge in [0.1, 0.15) is 17.3 Å². The minimum atomic E-state index is -0.134. The summed E-state index contributed by atoms with van der Waals surface area (Å²) < 4.78 is 22.2. The van der Waals surface area contributed by atoms with Crippen LogP contribution in [0.2, 0.25) is 0 Å². The van der Waals surface area contributed by atoms with Gasteiger partial charge in [-0.1, -0.05) is 6.42 Å². The normalized spacial score (nSPS) is 17.0. The van der Waals surface area contributed by atoms with Crippen LogP contribution in [0.4, 0.5) is 0 Å². The molecule has 0 unspecified atom stereocenters. The number of aromatic nitrogens is 1. The number of aryl methyl sites for hydroxylation is 1. The Labute approximate surface area is 178 Å². The van der Waals surface area contributed by atoms with Gasteiger partial charge in [0.2, 0.25) is 5.89 Å². The number of esters is 1. The molecule has 1 atom stereocenters. The van der Waals surface area contributed by atoms with Gasteiger partial charge < -0.3 is 18.6 Å². The number of ether oxygens (including phenoxy) is 3. The molecule has 2 heterocycles. The molecule has 7 heteroatoms. The Morgan fingerprint density at radius 3 is 2.73 bits per heavy atom. The fourth-order valence-corrected chi connectivity index (χ4v) is 4.12. The van der Waals surface area contributed by atoms with E-state index >= 15 is 0 Å². The van der Waals surface area contributed by atoms with Crippen LogP contribution in [0, 0.1) is 13.8 Å². The highest BCUT2D eigenvalue weighted by Gasteiger charge is 2.27. The van der Waals surface area contributed by atoms with Gasteiger partial charge in [-0.25, -0.2) is 4.98 Å². The third-order valence-corrected chi connectivity index (χ3v) is 5.71. The Bertz CT molecular complexity index is 877. The third-order valence-electron chi connectivity index (χ3n) is 5.71. The van der Waals surface area contributed by atoms with Gasteiger partial charge >= 0.3 is 5.97 Å². The number of nitrogens with zero attached hydrogens (tertiary/aromatic N) is 2. The maximum absolute atomic E-state index is 12.0. The second kappa shape index (κ2) is 9.98. The van der Waals surface area contributed by atoms with Gasteiger partial charge in [0.25, 0.3) is 0 Å². The predicted molar refractivity (Wildman–Crippen MR) is 114 cm³/mol. The molecule has 1 aromatic carbocycles. The molecule has 0 amide bonds. The van der Waals surface area contributed by atoms with Crippen molar-refractivity contribution in [1.82, 2.24) is 9.88 Å². The molecule has 0 radical (unpaired) electrons. The lowest BCUT2D eigenvalue weighted by atomic mass is 9.99. The van der Waals surface area contributed by atoms with Gasteiger partial charge in [-0.3, -0.25) is 9.69 Å². The second-order valence-corrected chi connectivity index (χ2v) is 7.62. The predicted octanol–water partition coefficient (Wildman–Crippen LogP) is 4.28. The molecule has 0 bridgehead atoms. The van der Waals surface area contributed by atoms with E-state index in [0.29, 0.717) is 31.2 Å². The second-order valence-electron chi connectivity index (χ2n) is 7.62. The Morgan fingerprint density at radius 2 is 2.03 bits per heavy atom. The fraction of sp³-hybridized carbons (Fsp3) is 0.565. The van der Waals surface area contributed by atoms with E-state index in [1.165, 1.54) is 0 Å². The molecule has 0 aliphatic carbocycles. The molecule has 7 nitrogen and oxygen atoms in total. The summed E-state index contributed by atoms with van der Waals surface area (Å²) >= 11 is 0. The number of benzene rings is 1. The lowest BCUT2D eigenvalue weighted by molar-refractivity contribution is -0.145. The van der Waals surface area contributed by atoms with Crippen molar-refractivity contribution in [1.29, 1.82) is 0 Å². The first-order valence-electron chi connectivity index (χ1n) is 10.6. The first kappa shape index (κ1) is 22.2. The summed E-state index contributed by atoms with van der Waals surface area (Å²) in [7, 11) is 3.27. The van der Waals surface area contributed by atoms with Crippen LogP contribution in [0.25, 0.3) is 11.5 Å². The van der Waals surface area contributed by atoms with E-state index in [1.54, 1.807) is 14.2 Å². The summed E-state index contributed by atoms with van der Waals surface area (Å²) in [5.74, 6) is 2.63. The van der Waals surface area contributed by atoms with Crippen molar-refractivity contribution in [2.24, 2.45) is 0 Å². The Hall–Kier alpha value is -2.54. The molecule has 1 aromatic heterocycles. The van der Waals surface area contributed by atoms with Crippen LogP contribution in [0.15, 0.2) is 16.5 Å². The molecule has 1 aliphatic rings. The molecule has 0 saturated carbocycles. The summed E-state index contributed by atoms with van der Waals surface area (Å²) in [5, 5.41) is 0. The van der Waals surface area contributed by atoms with Crippen LogP contribution in [-0.2, 0) is 16.1 Å². The number of hydrogen-bond donors (Lipinski definition) is 0. The topological polar surface area (TPSA) is 74.0 Å². The van der Waals surface area contributed by atoms with Crippen molar-refractivity contribution in [2.75, 3.05) is 27.4 Å². The Morgan fingerprint density at radius 1 is 1.23 bits per heavy atom. The Balaban J connectivity index is 1.82. The van der Waals surface area contributed by atoms with E-state index in [4.69, 9.17) is 23.6 Å². The van der Waals surface area contributed by atoms with Crippen molar-refractivity contribution in [3.8, 4) is 23.0 Å². The molecule has 164 valence electrons. The van der Waals surface area contributed by atoms with E-state index in [0.717, 1.165) is 54.1 Å². The number of likely N-dealkylation sites (tertiary alicyclic amines) is 1. The molecule has 1 fully saturated rings. The largest absolute Gasteiger partial charge is 0.496 e. The number of oxazole rings is 1. The zero-order chi connectivity index (χ0) is 21.7. The number of carbonyl (C=O) groups excluding carboxylic acids is 1. The summed E-state index contributed by atoms with van der Waals surface area (Å²) in [5.41, 5.74) is 2.59. The number of rotatable bonds is 8. The van der Waals surface area contributed by atoms with E-state index in [9.17, 15) is 4.79 Å². The van der Waals surface area contributed by atoms with E-state index < -0.39 is 0 Å². The standard InChI is InChI=1S/C23H32N2O5/c1-6-29-21(26)13-17-9-7-8-12-25(17)14-19-16(3)30-23(24-19)18-10-11-20(27-4)15(2)22(18)28-5/h10-11,17H,6-9,12-14H2,1-5H3/t17-/m0/s1. The zero-order valence-corrected chi connectivity index (χ0v) is 18.6. The van der Waals surface area contributed by atoms with Crippen molar-refractivity contribution in [3.63, 3.8) is 0 Å². The highest BCUT2D eigenvalue weighted by atomic mass is 16.5. The lowest BCUT2D eigenvalue weighted by Crippen LogP contribution is -2.40. The molecule has 1 aliphatic heterocycles. The highest BCUT2D eigenvalue weighted by molar-refractivity contribution is 5.70. The highest BCUT2D eigenvalue weighted by Crippen LogP contribution is 2.38. The quantitative estimate of drug-likeness (QED) is 0.595. The van der Waals surface area contributed by atoms with Crippen LogP contribution in [0.5, 0.6) is 11.5 Å². The van der Waals surface area contributed by atoms with E-state index in [2.05, 4.69) is 4.90 Å². The van der Waals surface area contributed by atoms with Crippen molar-refractivity contribution in [2.45, 2.75) is 59.0 Å².